The lowest BCUT2D eigenvalue weighted by Crippen LogP contribution is -2.24. The molecule has 2 amide bonds. The molecule has 0 spiro atoms. The zero-order valence-electron chi connectivity index (χ0n) is 8.60. The second kappa shape index (κ2) is 6.83. The first-order valence-electron chi connectivity index (χ1n) is 4.65. The number of H-pyrrole nitrogens is 1. The quantitative estimate of drug-likeness (QED) is 0.533. The smallest absolute Gasteiger partial charge is 0.227 e. The molecule has 0 radical (unpaired) electrons. The van der Waals surface area contributed by atoms with Crippen LogP contribution in [0.15, 0.2) is 6.33 Å². The van der Waals surface area contributed by atoms with E-state index in [2.05, 4.69) is 20.5 Å². The number of carbonyl (C=O) groups excluding carboxylic acids is 2. The van der Waals surface area contributed by atoms with Gasteiger partial charge in [0.05, 0.1) is 12.3 Å². The topological polar surface area (TPSA) is 114 Å². The molecular formula is C8H13N5O2S. The van der Waals surface area contributed by atoms with Crippen LogP contribution in [0.5, 0.6) is 0 Å². The van der Waals surface area contributed by atoms with Gasteiger partial charge in [-0.3, -0.25) is 14.7 Å². The van der Waals surface area contributed by atoms with Gasteiger partial charge in [0.15, 0.2) is 0 Å². The average molecular weight is 243 g/mol. The number of aromatic nitrogens is 3. The SMILES string of the molecule is NC(=O)CSCCC(=O)NCc1ncn[nH]1. The maximum absolute atomic E-state index is 11.3. The lowest BCUT2D eigenvalue weighted by atomic mass is 10.4. The van der Waals surface area contributed by atoms with E-state index >= 15 is 0 Å². The highest BCUT2D eigenvalue weighted by atomic mass is 32.2. The van der Waals surface area contributed by atoms with Crippen LogP contribution in [0.1, 0.15) is 12.2 Å². The fourth-order valence-corrected chi connectivity index (χ4v) is 1.60. The molecule has 0 bridgehead atoms. The van der Waals surface area contributed by atoms with Crippen LogP contribution < -0.4 is 11.1 Å². The summed E-state index contributed by atoms with van der Waals surface area (Å²) >= 11 is 1.34. The molecule has 88 valence electrons. The van der Waals surface area contributed by atoms with Crippen molar-refractivity contribution >= 4 is 23.6 Å². The Balaban J connectivity index is 2.05. The summed E-state index contributed by atoms with van der Waals surface area (Å²) in [6, 6.07) is 0. The van der Waals surface area contributed by atoms with Crippen LogP contribution >= 0.6 is 11.8 Å². The molecule has 4 N–H and O–H groups in total. The highest BCUT2D eigenvalue weighted by molar-refractivity contribution is 7.99. The molecule has 0 aliphatic rings. The van der Waals surface area contributed by atoms with E-state index in [0.29, 0.717) is 24.5 Å². The van der Waals surface area contributed by atoms with Crippen molar-refractivity contribution in [2.75, 3.05) is 11.5 Å². The minimum atomic E-state index is -0.368. The molecule has 0 unspecified atom stereocenters. The Hall–Kier alpha value is -1.57. The van der Waals surface area contributed by atoms with Crippen molar-refractivity contribution in [3.8, 4) is 0 Å². The normalized spacial score (nSPS) is 10.0. The van der Waals surface area contributed by atoms with Crippen LogP contribution in [-0.2, 0) is 16.1 Å². The third-order valence-corrected chi connectivity index (χ3v) is 2.62. The standard InChI is InChI=1S/C8H13N5O2S/c9-6(14)4-16-2-1-8(15)10-3-7-11-5-12-13-7/h5H,1-4H2,(H2,9,14)(H,10,15)(H,11,12,13). The number of aromatic amines is 1. The number of primary amides is 1. The maximum Gasteiger partial charge on any atom is 0.227 e. The minimum Gasteiger partial charge on any atom is -0.369 e. The van der Waals surface area contributed by atoms with E-state index in [0.717, 1.165) is 0 Å². The summed E-state index contributed by atoms with van der Waals surface area (Å²) in [5, 5.41) is 8.96. The van der Waals surface area contributed by atoms with E-state index in [-0.39, 0.29) is 17.6 Å². The van der Waals surface area contributed by atoms with Crippen LogP contribution in [0.4, 0.5) is 0 Å². The Morgan fingerprint density at radius 3 is 3.00 bits per heavy atom. The van der Waals surface area contributed by atoms with E-state index in [1.807, 2.05) is 0 Å². The van der Waals surface area contributed by atoms with Gasteiger partial charge < -0.3 is 11.1 Å². The number of hydrogen-bond donors (Lipinski definition) is 3. The van der Waals surface area contributed by atoms with Gasteiger partial charge in [0, 0.05) is 12.2 Å². The van der Waals surface area contributed by atoms with E-state index in [1.165, 1.54) is 18.1 Å². The van der Waals surface area contributed by atoms with E-state index < -0.39 is 0 Å². The van der Waals surface area contributed by atoms with Crippen LogP contribution in [0.3, 0.4) is 0 Å². The van der Waals surface area contributed by atoms with Crippen LogP contribution in [0.2, 0.25) is 0 Å². The predicted molar refractivity (Wildman–Crippen MR) is 59.4 cm³/mol. The molecule has 0 saturated heterocycles. The van der Waals surface area contributed by atoms with Gasteiger partial charge in [-0.05, 0) is 0 Å². The number of hydrogen-bond acceptors (Lipinski definition) is 5. The molecule has 0 fully saturated rings. The van der Waals surface area contributed by atoms with Crippen molar-refractivity contribution < 1.29 is 9.59 Å². The van der Waals surface area contributed by atoms with Crippen molar-refractivity contribution in [2.45, 2.75) is 13.0 Å². The zero-order valence-corrected chi connectivity index (χ0v) is 9.42. The molecule has 0 aliphatic heterocycles. The second-order valence-corrected chi connectivity index (χ2v) is 4.08. The summed E-state index contributed by atoms with van der Waals surface area (Å²) in [6.45, 7) is 0.333. The Labute approximate surface area is 96.6 Å². The number of nitrogens with two attached hydrogens (primary N) is 1. The minimum absolute atomic E-state index is 0.0895. The number of thioether (sulfide) groups is 1. The largest absolute Gasteiger partial charge is 0.369 e. The molecule has 1 aromatic heterocycles. The van der Waals surface area contributed by atoms with Gasteiger partial charge >= 0.3 is 0 Å². The van der Waals surface area contributed by atoms with Crippen molar-refractivity contribution in [1.29, 1.82) is 0 Å². The van der Waals surface area contributed by atoms with Crippen LogP contribution in [0.25, 0.3) is 0 Å². The summed E-state index contributed by atoms with van der Waals surface area (Å²) in [4.78, 5) is 25.5. The monoisotopic (exact) mass is 243 g/mol. The van der Waals surface area contributed by atoms with Crippen LogP contribution in [0, 0.1) is 0 Å². The molecule has 8 heteroatoms. The Morgan fingerprint density at radius 2 is 2.38 bits per heavy atom. The van der Waals surface area contributed by atoms with Gasteiger partial charge in [-0.25, -0.2) is 4.98 Å². The zero-order chi connectivity index (χ0) is 11.8. The number of nitrogens with one attached hydrogen (secondary N) is 2. The van der Waals surface area contributed by atoms with Crippen molar-refractivity contribution in [1.82, 2.24) is 20.5 Å². The first-order chi connectivity index (χ1) is 7.68. The summed E-state index contributed by atoms with van der Waals surface area (Å²) in [5.41, 5.74) is 4.95. The molecule has 1 aromatic rings. The van der Waals surface area contributed by atoms with E-state index in [1.54, 1.807) is 0 Å². The van der Waals surface area contributed by atoms with E-state index in [9.17, 15) is 9.59 Å². The van der Waals surface area contributed by atoms with Gasteiger partial charge in [-0.1, -0.05) is 0 Å². The lowest BCUT2D eigenvalue weighted by molar-refractivity contribution is -0.121. The summed E-state index contributed by atoms with van der Waals surface area (Å²) in [6.07, 6.45) is 1.73. The maximum atomic E-state index is 11.3. The lowest BCUT2D eigenvalue weighted by Gasteiger charge is -2.02. The Kier molecular flexibility index (Phi) is 5.34. The van der Waals surface area contributed by atoms with Crippen LogP contribution in [-0.4, -0.2) is 38.5 Å². The van der Waals surface area contributed by atoms with Gasteiger partial charge in [-0.2, -0.15) is 16.9 Å². The average Bonchev–Trinajstić information content (AvgIpc) is 2.74. The third-order valence-electron chi connectivity index (χ3n) is 1.64. The Morgan fingerprint density at radius 1 is 1.56 bits per heavy atom. The molecule has 0 saturated carbocycles. The first kappa shape index (κ1) is 12.5. The highest BCUT2D eigenvalue weighted by Gasteiger charge is 2.03. The predicted octanol–water partition coefficient (Wildman–Crippen LogP) is -0.970. The fourth-order valence-electron chi connectivity index (χ4n) is 0.924. The van der Waals surface area contributed by atoms with Gasteiger partial charge in [0.25, 0.3) is 0 Å². The summed E-state index contributed by atoms with van der Waals surface area (Å²) in [7, 11) is 0. The highest BCUT2D eigenvalue weighted by Crippen LogP contribution is 2.01. The molecule has 0 atom stereocenters. The van der Waals surface area contributed by atoms with E-state index in [4.69, 9.17) is 5.73 Å². The number of nitrogens with zero attached hydrogens (tertiary/aromatic N) is 2. The molecule has 16 heavy (non-hydrogen) atoms. The summed E-state index contributed by atoms with van der Waals surface area (Å²) in [5.74, 6) is 0.971. The molecule has 1 rings (SSSR count). The molecule has 7 nitrogen and oxygen atoms in total. The third kappa shape index (κ3) is 5.35. The van der Waals surface area contributed by atoms with Gasteiger partial charge in [0.1, 0.15) is 12.2 Å². The second-order valence-electron chi connectivity index (χ2n) is 2.98. The Bertz CT molecular complexity index is 340. The first-order valence-corrected chi connectivity index (χ1v) is 5.81. The number of carbonyl (C=O) groups is 2. The number of amides is 2. The molecule has 0 aromatic carbocycles. The molecule has 1 heterocycles. The fraction of sp³-hybridized carbons (Fsp3) is 0.500. The van der Waals surface area contributed by atoms with Crippen molar-refractivity contribution in [3.63, 3.8) is 0 Å². The summed E-state index contributed by atoms with van der Waals surface area (Å²) < 4.78 is 0. The van der Waals surface area contributed by atoms with Gasteiger partial charge in [0.2, 0.25) is 11.8 Å². The molecule has 0 aliphatic carbocycles. The van der Waals surface area contributed by atoms with Gasteiger partial charge in [-0.15, -0.1) is 0 Å². The number of rotatable bonds is 7. The van der Waals surface area contributed by atoms with Crippen molar-refractivity contribution in [3.05, 3.63) is 12.2 Å². The van der Waals surface area contributed by atoms with Crippen molar-refractivity contribution in [2.24, 2.45) is 5.73 Å². The molecular weight excluding hydrogens is 230 g/mol.